The number of fused-ring (bicyclic) bond motifs is 1. The molecule has 3 aromatic rings. The van der Waals surface area contributed by atoms with E-state index in [2.05, 4.69) is 26.3 Å². The number of ether oxygens (including phenoxy) is 1. The Balaban J connectivity index is 1.69. The van der Waals surface area contributed by atoms with Crippen molar-refractivity contribution >= 4 is 52.3 Å². The van der Waals surface area contributed by atoms with Crippen LogP contribution in [0.5, 0.6) is 0 Å². The Morgan fingerprint density at radius 3 is 2.57 bits per heavy atom. The quantitative estimate of drug-likeness (QED) is 0.168. The van der Waals surface area contributed by atoms with Crippen LogP contribution >= 0.6 is 11.6 Å². The van der Waals surface area contributed by atoms with Gasteiger partial charge in [0.25, 0.3) is 0 Å². The van der Waals surface area contributed by atoms with Crippen molar-refractivity contribution in [3.05, 3.63) is 70.9 Å². The first-order valence-corrected chi connectivity index (χ1v) is 14.0. The van der Waals surface area contributed by atoms with Gasteiger partial charge in [-0.25, -0.2) is 28.1 Å². The second kappa shape index (κ2) is 15.7. The molecule has 236 valence electrons. The molecule has 12 nitrogen and oxygen atoms in total. The molecule has 0 saturated carbocycles. The number of carboxylic acid groups (broad SMARTS) is 1. The Morgan fingerprint density at radius 2 is 1.84 bits per heavy atom. The minimum absolute atomic E-state index is 0.0690. The molecule has 0 fully saturated rings. The van der Waals surface area contributed by atoms with Crippen molar-refractivity contribution in [2.45, 2.75) is 38.3 Å². The number of rotatable bonds is 13. The molecule has 3 rings (SSSR count). The fraction of sp³-hybridized carbons (Fsp3) is 0.345. The van der Waals surface area contributed by atoms with Crippen LogP contribution in [0.3, 0.4) is 0 Å². The van der Waals surface area contributed by atoms with Crippen molar-refractivity contribution in [2.75, 3.05) is 32.1 Å². The Bertz CT molecular complexity index is 1510. The summed E-state index contributed by atoms with van der Waals surface area (Å²) in [6.45, 7) is 1.05. The van der Waals surface area contributed by atoms with Crippen molar-refractivity contribution in [2.24, 2.45) is 0 Å². The minimum atomic E-state index is -1.20. The van der Waals surface area contributed by atoms with E-state index in [0.29, 0.717) is 29.2 Å². The van der Waals surface area contributed by atoms with Gasteiger partial charge in [-0.3, -0.25) is 10.1 Å². The van der Waals surface area contributed by atoms with Crippen LogP contribution in [0.2, 0.25) is 5.02 Å². The van der Waals surface area contributed by atoms with Crippen molar-refractivity contribution in [1.29, 1.82) is 0 Å². The van der Waals surface area contributed by atoms with Gasteiger partial charge in [-0.15, -0.1) is 0 Å². The van der Waals surface area contributed by atoms with Crippen molar-refractivity contribution in [3.8, 4) is 0 Å². The van der Waals surface area contributed by atoms with Gasteiger partial charge in [0.1, 0.15) is 30.6 Å². The molecule has 0 aliphatic heterocycles. The van der Waals surface area contributed by atoms with E-state index in [0.717, 1.165) is 0 Å². The maximum atomic E-state index is 13.9. The van der Waals surface area contributed by atoms with Gasteiger partial charge < -0.3 is 30.7 Å². The molecule has 0 bridgehead atoms. The number of urea groups is 2. The molecule has 0 spiro atoms. The number of amides is 5. The number of carbonyl (C=O) groups excluding carboxylic acids is 3. The van der Waals surface area contributed by atoms with Crippen molar-refractivity contribution in [3.63, 3.8) is 0 Å². The molecule has 1 aromatic heterocycles. The molecule has 0 saturated heterocycles. The van der Waals surface area contributed by atoms with Crippen LogP contribution in [-0.2, 0) is 16.1 Å². The van der Waals surface area contributed by atoms with Gasteiger partial charge in [0, 0.05) is 31.7 Å². The second-order valence-corrected chi connectivity index (χ2v) is 10.3. The van der Waals surface area contributed by atoms with Crippen molar-refractivity contribution < 1.29 is 37.8 Å². The highest BCUT2D eigenvalue weighted by Gasteiger charge is 2.37. The number of hydrogen-bond acceptors (Lipinski definition) is 6. The highest BCUT2D eigenvalue weighted by atomic mass is 35.5. The SMILES string of the molecule is CCC(CCCNC(=O)NCC(=O)O)(COC(=O)Nc1cc2cc(F)ccc2cn1)N(C)C(=O)NCc1cccc(F)c1Cl. The lowest BCUT2D eigenvalue weighted by Crippen LogP contribution is -2.56. The lowest BCUT2D eigenvalue weighted by atomic mass is 9.89. The standard InChI is InChI=1S/C29H33ClF2N6O6/c1-3-29(10-5-11-33-26(41)35-16-24(39)40,38(2)27(42)36-15-19-6-4-7-22(32)25(19)30)17-44-28(43)37-23-13-20-12-21(31)9-8-18(20)14-34-23/h4,6-9,12-14H,3,5,10-11,15-17H2,1-2H3,(H,36,42)(H,39,40)(H2,33,35,41)(H,34,37,43). The first-order valence-electron chi connectivity index (χ1n) is 13.6. The van der Waals surface area contributed by atoms with E-state index < -0.39 is 47.8 Å². The maximum Gasteiger partial charge on any atom is 0.412 e. The summed E-state index contributed by atoms with van der Waals surface area (Å²) >= 11 is 6.01. The first kappa shape index (κ1) is 33.8. The van der Waals surface area contributed by atoms with Gasteiger partial charge >= 0.3 is 24.1 Å². The zero-order chi connectivity index (χ0) is 32.3. The maximum absolute atomic E-state index is 13.9. The van der Waals surface area contributed by atoms with E-state index in [4.69, 9.17) is 21.4 Å². The predicted molar refractivity (Wildman–Crippen MR) is 159 cm³/mol. The summed E-state index contributed by atoms with van der Waals surface area (Å²) in [5.41, 5.74) is -0.697. The Kier molecular flexibility index (Phi) is 12.0. The molecule has 0 aliphatic rings. The van der Waals surface area contributed by atoms with Gasteiger partial charge in [0.05, 0.1) is 10.6 Å². The smallest absolute Gasteiger partial charge is 0.412 e. The number of aliphatic carboxylic acids is 1. The fourth-order valence-electron chi connectivity index (χ4n) is 4.40. The normalized spacial score (nSPS) is 12.1. The number of anilines is 1. The Hall–Kier alpha value is -4.72. The van der Waals surface area contributed by atoms with E-state index in [-0.39, 0.29) is 37.0 Å². The average molecular weight is 635 g/mol. The third kappa shape index (κ3) is 9.39. The molecular weight excluding hydrogens is 602 g/mol. The van der Waals surface area contributed by atoms with Gasteiger partial charge in [-0.2, -0.15) is 0 Å². The Labute approximate surface area is 257 Å². The zero-order valence-corrected chi connectivity index (χ0v) is 24.8. The summed E-state index contributed by atoms with van der Waals surface area (Å²) in [5.74, 6) is -2.14. The van der Waals surface area contributed by atoms with Crippen LogP contribution < -0.4 is 21.3 Å². The number of aromatic nitrogens is 1. The molecular formula is C29H33ClF2N6O6. The average Bonchev–Trinajstić information content (AvgIpc) is 2.99. The van der Waals surface area contributed by atoms with Gasteiger partial charge in [0.15, 0.2) is 0 Å². The van der Waals surface area contributed by atoms with Crippen LogP contribution in [0, 0.1) is 11.6 Å². The fourth-order valence-corrected chi connectivity index (χ4v) is 4.59. The lowest BCUT2D eigenvalue weighted by molar-refractivity contribution is -0.135. The summed E-state index contributed by atoms with van der Waals surface area (Å²) in [6, 6.07) is 8.66. The van der Waals surface area contributed by atoms with Gasteiger partial charge in [-0.05, 0) is 60.5 Å². The van der Waals surface area contributed by atoms with Gasteiger partial charge in [0.2, 0.25) is 0 Å². The van der Waals surface area contributed by atoms with Crippen LogP contribution in [0.1, 0.15) is 31.7 Å². The van der Waals surface area contributed by atoms with E-state index in [1.165, 1.54) is 48.5 Å². The summed E-state index contributed by atoms with van der Waals surface area (Å²) in [4.78, 5) is 54.0. The molecule has 1 atom stereocenters. The number of nitrogens with zero attached hydrogens (tertiary/aromatic N) is 2. The third-order valence-electron chi connectivity index (χ3n) is 7.03. The van der Waals surface area contributed by atoms with Gasteiger partial charge in [-0.1, -0.05) is 30.7 Å². The lowest BCUT2D eigenvalue weighted by Gasteiger charge is -2.41. The number of benzene rings is 2. The summed E-state index contributed by atoms with van der Waals surface area (Å²) in [6.07, 6.45) is 1.52. The summed E-state index contributed by atoms with van der Waals surface area (Å²) in [7, 11) is 1.51. The topological polar surface area (TPSA) is 162 Å². The zero-order valence-electron chi connectivity index (χ0n) is 24.1. The number of hydrogen-bond donors (Lipinski definition) is 5. The van der Waals surface area contributed by atoms with E-state index in [1.807, 2.05) is 0 Å². The number of halogens is 3. The highest BCUT2D eigenvalue weighted by molar-refractivity contribution is 6.31. The molecule has 2 aromatic carbocycles. The second-order valence-electron chi connectivity index (χ2n) is 9.88. The molecule has 44 heavy (non-hydrogen) atoms. The molecule has 5 amide bonds. The number of nitrogens with one attached hydrogen (secondary N) is 4. The van der Waals surface area contributed by atoms with Crippen LogP contribution in [0.25, 0.3) is 10.8 Å². The number of likely N-dealkylation sites (N-methyl/N-ethyl adjacent to an activating group) is 1. The van der Waals surface area contributed by atoms with E-state index in [9.17, 15) is 28.0 Å². The molecule has 5 N–H and O–H groups in total. The van der Waals surface area contributed by atoms with Crippen LogP contribution in [0.15, 0.2) is 48.7 Å². The van der Waals surface area contributed by atoms with E-state index >= 15 is 0 Å². The first-order chi connectivity index (χ1) is 20.9. The summed E-state index contributed by atoms with van der Waals surface area (Å²) < 4.78 is 33.0. The number of pyridine rings is 1. The number of carbonyl (C=O) groups is 4. The third-order valence-corrected chi connectivity index (χ3v) is 7.45. The minimum Gasteiger partial charge on any atom is -0.480 e. The monoisotopic (exact) mass is 634 g/mol. The molecule has 0 radical (unpaired) electrons. The molecule has 0 aliphatic carbocycles. The largest absolute Gasteiger partial charge is 0.480 e. The van der Waals surface area contributed by atoms with Crippen LogP contribution in [-0.4, -0.2) is 71.4 Å². The van der Waals surface area contributed by atoms with Crippen LogP contribution in [0.4, 0.5) is 29.0 Å². The molecule has 15 heteroatoms. The van der Waals surface area contributed by atoms with Crippen molar-refractivity contribution in [1.82, 2.24) is 25.8 Å². The highest BCUT2D eigenvalue weighted by Crippen LogP contribution is 2.27. The molecule has 1 unspecified atom stereocenters. The number of carboxylic acids is 1. The molecule has 1 heterocycles. The van der Waals surface area contributed by atoms with E-state index in [1.54, 1.807) is 19.1 Å². The Morgan fingerprint density at radius 1 is 1.07 bits per heavy atom. The summed E-state index contributed by atoms with van der Waals surface area (Å²) in [5, 5.41) is 19.7. The predicted octanol–water partition coefficient (Wildman–Crippen LogP) is 4.87.